The predicted molar refractivity (Wildman–Crippen MR) is 45.0 cm³/mol. The van der Waals surface area contributed by atoms with E-state index in [1.54, 1.807) is 0 Å². The van der Waals surface area contributed by atoms with Crippen molar-refractivity contribution in [3.63, 3.8) is 0 Å². The third-order valence-corrected chi connectivity index (χ3v) is 1.87. The SMILES string of the molecule is C[C@H]([NH3+])c1ccccc1S. The number of benzene rings is 1. The second kappa shape index (κ2) is 3.08. The molecule has 0 bridgehead atoms. The first-order valence-electron chi connectivity index (χ1n) is 3.33. The zero-order valence-corrected chi connectivity index (χ0v) is 6.94. The Hall–Kier alpha value is -0.470. The molecule has 0 aliphatic carbocycles. The Morgan fingerprint density at radius 2 is 2.00 bits per heavy atom. The fraction of sp³-hybridized carbons (Fsp3) is 0.250. The first-order valence-corrected chi connectivity index (χ1v) is 3.77. The summed E-state index contributed by atoms with van der Waals surface area (Å²) in [5, 5.41) is 0. The van der Waals surface area contributed by atoms with Gasteiger partial charge in [0.15, 0.2) is 0 Å². The van der Waals surface area contributed by atoms with Crippen molar-refractivity contribution in [3.05, 3.63) is 29.8 Å². The maximum absolute atomic E-state index is 4.30. The highest BCUT2D eigenvalue weighted by Gasteiger charge is 2.03. The molecule has 54 valence electrons. The van der Waals surface area contributed by atoms with E-state index in [2.05, 4.69) is 31.4 Å². The molecular weight excluding hydrogens is 142 g/mol. The molecule has 0 radical (unpaired) electrons. The minimum Gasteiger partial charge on any atom is -0.352 e. The van der Waals surface area contributed by atoms with Crippen LogP contribution in [-0.4, -0.2) is 0 Å². The molecule has 0 saturated carbocycles. The van der Waals surface area contributed by atoms with Gasteiger partial charge < -0.3 is 5.73 Å². The average Bonchev–Trinajstić information content (AvgIpc) is 1.88. The lowest BCUT2D eigenvalue weighted by atomic mass is 10.1. The van der Waals surface area contributed by atoms with Gasteiger partial charge in [-0.15, -0.1) is 12.6 Å². The van der Waals surface area contributed by atoms with E-state index in [1.165, 1.54) is 5.56 Å². The molecule has 0 fully saturated rings. The molecule has 0 amide bonds. The first-order chi connectivity index (χ1) is 4.72. The Morgan fingerprint density at radius 3 is 2.40 bits per heavy atom. The summed E-state index contributed by atoms with van der Waals surface area (Å²) < 4.78 is 0. The van der Waals surface area contributed by atoms with E-state index in [0.717, 1.165) is 4.90 Å². The Kier molecular flexibility index (Phi) is 2.35. The normalized spacial score (nSPS) is 13.1. The van der Waals surface area contributed by atoms with Crippen LogP contribution in [0.1, 0.15) is 18.5 Å². The van der Waals surface area contributed by atoms with E-state index < -0.39 is 0 Å². The number of thiol groups is 1. The highest BCUT2D eigenvalue weighted by molar-refractivity contribution is 7.80. The van der Waals surface area contributed by atoms with Crippen LogP contribution < -0.4 is 5.73 Å². The summed E-state index contributed by atoms with van der Waals surface area (Å²) in [6.45, 7) is 2.06. The summed E-state index contributed by atoms with van der Waals surface area (Å²) in [5.41, 5.74) is 5.13. The van der Waals surface area contributed by atoms with Crippen LogP contribution in [0.15, 0.2) is 29.2 Å². The van der Waals surface area contributed by atoms with E-state index >= 15 is 0 Å². The van der Waals surface area contributed by atoms with Gasteiger partial charge in [0.2, 0.25) is 0 Å². The molecule has 0 aliphatic rings. The van der Waals surface area contributed by atoms with Crippen LogP contribution in [0.3, 0.4) is 0 Å². The van der Waals surface area contributed by atoms with Gasteiger partial charge in [0.05, 0.1) is 0 Å². The molecule has 10 heavy (non-hydrogen) atoms. The van der Waals surface area contributed by atoms with Gasteiger partial charge in [-0.2, -0.15) is 0 Å². The van der Waals surface area contributed by atoms with E-state index in [0.29, 0.717) is 6.04 Å². The minimum atomic E-state index is 0.327. The molecule has 0 spiro atoms. The van der Waals surface area contributed by atoms with Gasteiger partial charge >= 0.3 is 0 Å². The van der Waals surface area contributed by atoms with Crippen molar-refractivity contribution in [2.75, 3.05) is 0 Å². The topological polar surface area (TPSA) is 27.6 Å². The number of hydrogen-bond acceptors (Lipinski definition) is 1. The van der Waals surface area contributed by atoms with Crippen LogP contribution in [-0.2, 0) is 0 Å². The summed E-state index contributed by atoms with van der Waals surface area (Å²) >= 11 is 4.30. The maximum Gasteiger partial charge on any atom is 0.108 e. The molecule has 0 aliphatic heterocycles. The molecule has 0 heterocycles. The van der Waals surface area contributed by atoms with Crippen molar-refractivity contribution in [1.29, 1.82) is 0 Å². The third-order valence-electron chi connectivity index (χ3n) is 1.47. The summed E-state index contributed by atoms with van der Waals surface area (Å²) in [5.74, 6) is 0. The van der Waals surface area contributed by atoms with Crippen molar-refractivity contribution < 1.29 is 5.73 Å². The predicted octanol–water partition coefficient (Wildman–Crippen LogP) is 1.28. The molecule has 1 aromatic rings. The van der Waals surface area contributed by atoms with Gasteiger partial charge in [0, 0.05) is 10.5 Å². The molecule has 1 atom stereocenters. The smallest absolute Gasteiger partial charge is 0.108 e. The molecule has 3 N–H and O–H groups in total. The standard InChI is InChI=1S/C8H11NS/c1-6(9)7-4-2-3-5-8(7)10/h2-6,10H,9H2,1H3/p+1/t6-/m0/s1. The molecule has 1 aromatic carbocycles. The molecule has 0 aromatic heterocycles. The lowest BCUT2D eigenvalue weighted by Crippen LogP contribution is -2.51. The number of quaternary nitrogens is 1. The van der Waals surface area contributed by atoms with Crippen LogP contribution in [0, 0.1) is 0 Å². The van der Waals surface area contributed by atoms with Crippen LogP contribution in [0.25, 0.3) is 0 Å². The van der Waals surface area contributed by atoms with Gasteiger partial charge in [0.1, 0.15) is 6.04 Å². The molecule has 1 rings (SSSR count). The van der Waals surface area contributed by atoms with Gasteiger partial charge in [-0.05, 0) is 13.0 Å². The average molecular weight is 154 g/mol. The van der Waals surface area contributed by atoms with E-state index in [9.17, 15) is 0 Å². The van der Waals surface area contributed by atoms with Crippen LogP contribution >= 0.6 is 12.6 Å². The van der Waals surface area contributed by atoms with Crippen molar-refractivity contribution in [3.8, 4) is 0 Å². The molecule has 0 unspecified atom stereocenters. The largest absolute Gasteiger partial charge is 0.352 e. The zero-order chi connectivity index (χ0) is 7.56. The van der Waals surface area contributed by atoms with Crippen molar-refractivity contribution in [2.45, 2.75) is 17.9 Å². The fourth-order valence-electron chi connectivity index (χ4n) is 0.904. The van der Waals surface area contributed by atoms with Gasteiger partial charge in [-0.25, -0.2) is 0 Å². The lowest BCUT2D eigenvalue weighted by Gasteiger charge is -2.03. The lowest BCUT2D eigenvalue weighted by molar-refractivity contribution is -0.421. The monoisotopic (exact) mass is 154 g/mol. The molecule has 0 saturated heterocycles. The molecular formula is C8H12NS+. The van der Waals surface area contributed by atoms with Crippen molar-refractivity contribution in [1.82, 2.24) is 0 Å². The highest BCUT2D eigenvalue weighted by atomic mass is 32.1. The Balaban J connectivity index is 3.03. The molecule has 1 nitrogen and oxygen atoms in total. The number of rotatable bonds is 1. The fourth-order valence-corrected chi connectivity index (χ4v) is 1.29. The second-order valence-electron chi connectivity index (χ2n) is 2.46. The summed E-state index contributed by atoms with van der Waals surface area (Å²) in [7, 11) is 0. The minimum absolute atomic E-state index is 0.327. The Bertz CT molecular complexity index is 220. The first kappa shape index (κ1) is 7.63. The highest BCUT2D eigenvalue weighted by Crippen LogP contribution is 2.16. The Morgan fingerprint density at radius 1 is 1.40 bits per heavy atom. The van der Waals surface area contributed by atoms with Crippen LogP contribution in [0.4, 0.5) is 0 Å². The summed E-state index contributed by atoms with van der Waals surface area (Å²) in [4.78, 5) is 1.03. The van der Waals surface area contributed by atoms with E-state index in [4.69, 9.17) is 0 Å². The maximum atomic E-state index is 4.30. The third kappa shape index (κ3) is 1.52. The van der Waals surface area contributed by atoms with Crippen LogP contribution in [0.2, 0.25) is 0 Å². The zero-order valence-electron chi connectivity index (χ0n) is 6.04. The summed E-state index contributed by atoms with van der Waals surface area (Å²) in [6.07, 6.45) is 0. The van der Waals surface area contributed by atoms with E-state index in [1.807, 2.05) is 18.2 Å². The Labute approximate surface area is 66.7 Å². The number of hydrogen-bond donors (Lipinski definition) is 2. The van der Waals surface area contributed by atoms with Gasteiger partial charge in [-0.3, -0.25) is 0 Å². The van der Waals surface area contributed by atoms with Crippen molar-refractivity contribution >= 4 is 12.6 Å². The summed E-state index contributed by atoms with van der Waals surface area (Å²) in [6, 6.07) is 8.36. The van der Waals surface area contributed by atoms with E-state index in [-0.39, 0.29) is 0 Å². The molecule has 2 heteroatoms. The quantitative estimate of drug-likeness (QED) is 0.570. The second-order valence-corrected chi connectivity index (χ2v) is 2.94. The van der Waals surface area contributed by atoms with Crippen molar-refractivity contribution in [2.24, 2.45) is 0 Å². The van der Waals surface area contributed by atoms with Crippen LogP contribution in [0.5, 0.6) is 0 Å². The van der Waals surface area contributed by atoms with Gasteiger partial charge in [0.25, 0.3) is 0 Å². The van der Waals surface area contributed by atoms with Gasteiger partial charge in [-0.1, -0.05) is 18.2 Å².